The van der Waals surface area contributed by atoms with Crippen molar-refractivity contribution in [2.24, 2.45) is 0 Å². The fraction of sp³-hybridized carbons (Fsp3) is 0.0588. The lowest BCUT2D eigenvalue weighted by Gasteiger charge is -2.11. The lowest BCUT2D eigenvalue weighted by atomic mass is 10.2. The Bertz CT molecular complexity index is 1090. The molecule has 0 aliphatic rings. The van der Waals surface area contributed by atoms with Gasteiger partial charge in [-0.2, -0.15) is 9.61 Å². The number of rotatable bonds is 2. The molecule has 2 aromatic carbocycles. The highest BCUT2D eigenvalue weighted by Gasteiger charge is 2.13. The van der Waals surface area contributed by atoms with Gasteiger partial charge in [-0.25, -0.2) is 0 Å². The van der Waals surface area contributed by atoms with Gasteiger partial charge in [0.1, 0.15) is 11.9 Å². The molecule has 0 unspecified atom stereocenters. The Morgan fingerprint density at radius 3 is 2.57 bits per heavy atom. The van der Waals surface area contributed by atoms with Crippen LogP contribution < -0.4 is 10.3 Å². The van der Waals surface area contributed by atoms with E-state index < -0.39 is 0 Å². The van der Waals surface area contributed by atoms with E-state index in [4.69, 9.17) is 4.74 Å². The predicted octanol–water partition coefficient (Wildman–Crippen LogP) is 2.74. The van der Waals surface area contributed by atoms with Gasteiger partial charge >= 0.3 is 0 Å². The third-order valence-corrected chi connectivity index (χ3v) is 3.62. The van der Waals surface area contributed by atoms with Crippen LogP contribution >= 0.6 is 0 Å². The van der Waals surface area contributed by atoms with E-state index in [1.807, 2.05) is 55.5 Å². The van der Waals surface area contributed by atoms with Crippen LogP contribution in [-0.2, 0) is 0 Å². The minimum absolute atomic E-state index is 0.351. The van der Waals surface area contributed by atoms with Gasteiger partial charge in [-0.1, -0.05) is 36.4 Å². The van der Waals surface area contributed by atoms with E-state index in [1.54, 1.807) is 0 Å². The van der Waals surface area contributed by atoms with Crippen LogP contribution in [0.1, 0.15) is 5.56 Å². The normalized spacial score (nSPS) is 11.0. The molecule has 0 spiro atoms. The fourth-order valence-electron chi connectivity index (χ4n) is 2.46. The molecule has 4 aromatic rings. The van der Waals surface area contributed by atoms with Crippen LogP contribution in [0, 0.1) is 6.92 Å². The third kappa shape index (κ3) is 2.20. The molecule has 0 aliphatic heterocycles. The molecule has 0 N–H and O–H groups in total. The van der Waals surface area contributed by atoms with E-state index in [-0.39, 0.29) is 5.56 Å². The first kappa shape index (κ1) is 13.4. The largest absolute Gasteiger partial charge is 0.437 e. The van der Waals surface area contributed by atoms with Gasteiger partial charge in [0.25, 0.3) is 5.56 Å². The van der Waals surface area contributed by atoms with Gasteiger partial charge in [-0.05, 0) is 24.6 Å². The van der Waals surface area contributed by atoms with Gasteiger partial charge in [0.15, 0.2) is 5.65 Å². The van der Waals surface area contributed by atoms with Crippen molar-refractivity contribution in [1.29, 1.82) is 0 Å². The smallest absolute Gasteiger partial charge is 0.293 e. The minimum Gasteiger partial charge on any atom is -0.437 e. The van der Waals surface area contributed by atoms with Gasteiger partial charge in [-0.15, -0.1) is 10.2 Å². The zero-order valence-corrected chi connectivity index (χ0v) is 12.3. The highest BCUT2D eigenvalue weighted by Crippen LogP contribution is 2.30. The summed E-state index contributed by atoms with van der Waals surface area (Å²) < 4.78 is 7.18. The molecule has 0 atom stereocenters. The van der Waals surface area contributed by atoms with Crippen LogP contribution in [0.25, 0.3) is 16.4 Å². The molecule has 6 heteroatoms. The highest BCUT2D eigenvalue weighted by atomic mass is 16.5. The zero-order chi connectivity index (χ0) is 15.8. The minimum atomic E-state index is -0.351. The SMILES string of the molecule is Cc1ccccc1Oc1nn2c(=O)cnnc2c2ccccc12. The topological polar surface area (TPSA) is 69.4 Å². The van der Waals surface area contributed by atoms with Crippen molar-refractivity contribution in [1.82, 2.24) is 19.8 Å². The van der Waals surface area contributed by atoms with Crippen molar-refractivity contribution in [3.05, 3.63) is 70.6 Å². The van der Waals surface area contributed by atoms with E-state index >= 15 is 0 Å². The molecule has 0 amide bonds. The number of nitrogens with zero attached hydrogens (tertiary/aromatic N) is 4. The molecule has 0 radical (unpaired) electrons. The zero-order valence-electron chi connectivity index (χ0n) is 12.3. The number of hydrogen-bond acceptors (Lipinski definition) is 5. The molecule has 2 heterocycles. The summed E-state index contributed by atoms with van der Waals surface area (Å²) in [7, 11) is 0. The Labute approximate surface area is 131 Å². The Hall–Kier alpha value is -3.28. The first-order valence-corrected chi connectivity index (χ1v) is 7.11. The molecule has 112 valence electrons. The van der Waals surface area contributed by atoms with E-state index in [2.05, 4.69) is 15.3 Å². The summed E-state index contributed by atoms with van der Waals surface area (Å²) in [6.45, 7) is 1.95. The maximum absolute atomic E-state index is 12.0. The van der Waals surface area contributed by atoms with Crippen LogP contribution in [0.4, 0.5) is 0 Å². The molecular weight excluding hydrogens is 292 g/mol. The van der Waals surface area contributed by atoms with E-state index in [9.17, 15) is 4.79 Å². The molecule has 23 heavy (non-hydrogen) atoms. The van der Waals surface area contributed by atoms with Crippen molar-refractivity contribution >= 4 is 16.4 Å². The summed E-state index contributed by atoms with van der Waals surface area (Å²) in [6, 6.07) is 15.2. The van der Waals surface area contributed by atoms with Crippen molar-refractivity contribution in [2.75, 3.05) is 0 Å². The number of hydrogen-bond donors (Lipinski definition) is 0. The molecular formula is C17H12N4O2. The van der Waals surface area contributed by atoms with Crippen LogP contribution in [0.3, 0.4) is 0 Å². The fourth-order valence-corrected chi connectivity index (χ4v) is 2.46. The second-order valence-electron chi connectivity index (χ2n) is 5.14. The number of para-hydroxylation sites is 1. The van der Waals surface area contributed by atoms with Gasteiger partial charge in [0, 0.05) is 10.8 Å². The van der Waals surface area contributed by atoms with Gasteiger partial charge in [-0.3, -0.25) is 4.79 Å². The van der Waals surface area contributed by atoms with E-state index in [0.717, 1.165) is 22.5 Å². The summed E-state index contributed by atoms with van der Waals surface area (Å²) in [5.74, 6) is 1.05. The van der Waals surface area contributed by atoms with Gasteiger partial charge in [0.05, 0.1) is 0 Å². The number of fused-ring (bicyclic) bond motifs is 3. The van der Waals surface area contributed by atoms with Crippen molar-refractivity contribution in [2.45, 2.75) is 6.92 Å². The summed E-state index contributed by atoms with van der Waals surface area (Å²) in [4.78, 5) is 12.0. The highest BCUT2D eigenvalue weighted by molar-refractivity contribution is 5.96. The van der Waals surface area contributed by atoms with Gasteiger partial charge < -0.3 is 4.74 Å². The average molecular weight is 304 g/mol. The lowest BCUT2D eigenvalue weighted by Crippen LogP contribution is -2.18. The molecule has 0 saturated heterocycles. The van der Waals surface area contributed by atoms with Crippen LogP contribution in [0.2, 0.25) is 0 Å². The monoisotopic (exact) mass is 304 g/mol. The number of aromatic nitrogens is 4. The molecule has 6 nitrogen and oxygen atoms in total. The Kier molecular flexibility index (Phi) is 3.01. The maximum Gasteiger partial charge on any atom is 0.293 e. The predicted molar refractivity (Wildman–Crippen MR) is 85.8 cm³/mol. The Morgan fingerprint density at radius 1 is 1.00 bits per heavy atom. The van der Waals surface area contributed by atoms with E-state index in [0.29, 0.717) is 17.3 Å². The number of aryl methyl sites for hydroxylation is 1. The lowest BCUT2D eigenvalue weighted by molar-refractivity contribution is 0.454. The van der Waals surface area contributed by atoms with Gasteiger partial charge in [0.2, 0.25) is 5.88 Å². The van der Waals surface area contributed by atoms with Crippen LogP contribution in [0.5, 0.6) is 11.6 Å². The second-order valence-corrected chi connectivity index (χ2v) is 5.14. The van der Waals surface area contributed by atoms with Crippen molar-refractivity contribution in [3.8, 4) is 11.6 Å². The van der Waals surface area contributed by atoms with Crippen molar-refractivity contribution in [3.63, 3.8) is 0 Å². The second kappa shape index (κ2) is 5.17. The summed E-state index contributed by atoms with van der Waals surface area (Å²) in [5, 5.41) is 13.6. The molecule has 0 fully saturated rings. The van der Waals surface area contributed by atoms with Crippen LogP contribution in [-0.4, -0.2) is 19.8 Å². The maximum atomic E-state index is 12.0. The average Bonchev–Trinajstić information content (AvgIpc) is 2.58. The van der Waals surface area contributed by atoms with Crippen molar-refractivity contribution < 1.29 is 4.74 Å². The summed E-state index contributed by atoms with van der Waals surface area (Å²) in [6.07, 6.45) is 1.13. The summed E-state index contributed by atoms with van der Waals surface area (Å²) in [5.41, 5.74) is 1.04. The van der Waals surface area contributed by atoms with Crippen LogP contribution in [0.15, 0.2) is 59.5 Å². The molecule has 0 saturated carbocycles. The number of ether oxygens (including phenoxy) is 1. The number of benzene rings is 2. The first-order valence-electron chi connectivity index (χ1n) is 7.11. The summed E-state index contributed by atoms with van der Waals surface area (Å²) >= 11 is 0. The van der Waals surface area contributed by atoms with E-state index in [1.165, 1.54) is 4.52 Å². The molecule has 4 rings (SSSR count). The Morgan fingerprint density at radius 2 is 1.74 bits per heavy atom. The quantitative estimate of drug-likeness (QED) is 0.533. The standard InChI is InChI=1S/C17H12N4O2/c1-11-6-2-5-9-14(11)23-17-13-8-4-3-7-12(13)16-19-18-10-15(22)21(16)20-17/h2-10H,1H3. The molecule has 0 aliphatic carbocycles. The first-order chi connectivity index (χ1) is 11.2. The Balaban J connectivity index is 2.03. The third-order valence-electron chi connectivity index (χ3n) is 3.62. The molecule has 0 bridgehead atoms. The molecule has 2 aromatic heterocycles.